The van der Waals surface area contributed by atoms with Crippen LogP contribution in [0.15, 0.2) is 36.4 Å². The second-order valence-corrected chi connectivity index (χ2v) is 4.73. The van der Waals surface area contributed by atoms with E-state index >= 15 is 0 Å². The summed E-state index contributed by atoms with van der Waals surface area (Å²) in [6.45, 7) is 1.92. The fraction of sp³-hybridized carbons (Fsp3) is 0.200. The van der Waals surface area contributed by atoms with Crippen LogP contribution < -0.4 is 5.73 Å². The molecule has 3 rings (SSSR count). The number of rotatable bonds is 0. The molecule has 18 heavy (non-hydrogen) atoms. The third-order valence-electron chi connectivity index (χ3n) is 3.67. The number of nitrogen functional groups attached to an aromatic ring is 1. The molecule has 92 valence electrons. The average molecular weight is 241 g/mol. The van der Waals surface area contributed by atoms with Gasteiger partial charge in [-0.25, -0.2) is 0 Å². The van der Waals surface area contributed by atoms with Gasteiger partial charge in [0.15, 0.2) is 0 Å². The largest absolute Gasteiger partial charge is 0.398 e. The highest BCUT2D eigenvalue weighted by Gasteiger charge is 2.32. The maximum absolute atomic E-state index is 10.5. The first-order valence-corrected chi connectivity index (χ1v) is 5.95. The van der Waals surface area contributed by atoms with Gasteiger partial charge in [0.1, 0.15) is 12.2 Å². The first-order valence-electron chi connectivity index (χ1n) is 5.95. The summed E-state index contributed by atoms with van der Waals surface area (Å²) >= 11 is 0. The molecule has 3 heteroatoms. The maximum atomic E-state index is 10.5. The van der Waals surface area contributed by atoms with E-state index < -0.39 is 12.2 Å². The summed E-state index contributed by atoms with van der Waals surface area (Å²) in [5, 5.41) is 20.9. The van der Waals surface area contributed by atoms with Gasteiger partial charge in [0, 0.05) is 11.3 Å². The minimum Gasteiger partial charge on any atom is -0.398 e. The number of benzene rings is 2. The van der Waals surface area contributed by atoms with E-state index in [-0.39, 0.29) is 0 Å². The molecule has 2 unspecified atom stereocenters. The SMILES string of the molecule is Cc1ccc(N)c2c1C(O)c1ccccc1C2O. The molecule has 0 aromatic heterocycles. The fourth-order valence-electron chi connectivity index (χ4n) is 2.75. The van der Waals surface area contributed by atoms with Gasteiger partial charge in [-0.05, 0) is 35.2 Å². The van der Waals surface area contributed by atoms with E-state index in [1.165, 1.54) is 0 Å². The predicted octanol–water partition coefficient (Wildman–Crippen LogP) is 2.05. The lowest BCUT2D eigenvalue weighted by Crippen LogP contribution is -2.20. The van der Waals surface area contributed by atoms with Crippen LogP contribution in [0.3, 0.4) is 0 Å². The molecule has 1 aliphatic rings. The van der Waals surface area contributed by atoms with Crippen molar-refractivity contribution in [3.63, 3.8) is 0 Å². The van der Waals surface area contributed by atoms with Crippen LogP contribution in [-0.4, -0.2) is 10.2 Å². The van der Waals surface area contributed by atoms with Gasteiger partial charge in [0.25, 0.3) is 0 Å². The highest BCUT2D eigenvalue weighted by molar-refractivity contribution is 5.62. The second kappa shape index (κ2) is 3.83. The number of hydrogen-bond acceptors (Lipinski definition) is 3. The molecule has 3 nitrogen and oxygen atoms in total. The Morgan fingerprint density at radius 2 is 1.44 bits per heavy atom. The smallest absolute Gasteiger partial charge is 0.107 e. The van der Waals surface area contributed by atoms with Crippen LogP contribution in [0.25, 0.3) is 0 Å². The summed E-state index contributed by atoms with van der Waals surface area (Å²) < 4.78 is 0. The van der Waals surface area contributed by atoms with Crippen LogP contribution in [0.5, 0.6) is 0 Å². The number of nitrogens with two attached hydrogens (primary N) is 1. The van der Waals surface area contributed by atoms with Crippen molar-refractivity contribution in [3.8, 4) is 0 Å². The third kappa shape index (κ3) is 1.38. The Hall–Kier alpha value is -1.84. The number of aryl methyl sites for hydroxylation is 1. The molecule has 2 aromatic rings. The highest BCUT2D eigenvalue weighted by Crippen LogP contribution is 2.44. The van der Waals surface area contributed by atoms with Gasteiger partial charge in [-0.2, -0.15) is 0 Å². The second-order valence-electron chi connectivity index (χ2n) is 4.73. The number of fused-ring (bicyclic) bond motifs is 2. The van der Waals surface area contributed by atoms with Gasteiger partial charge in [-0.15, -0.1) is 0 Å². The summed E-state index contributed by atoms with van der Waals surface area (Å²) in [5.74, 6) is 0. The van der Waals surface area contributed by atoms with Crippen molar-refractivity contribution in [2.75, 3.05) is 5.73 Å². The minimum atomic E-state index is -0.764. The summed E-state index contributed by atoms with van der Waals surface area (Å²) in [4.78, 5) is 0. The fourth-order valence-corrected chi connectivity index (χ4v) is 2.75. The van der Waals surface area contributed by atoms with Crippen LogP contribution in [0.2, 0.25) is 0 Å². The Kier molecular flexibility index (Phi) is 2.40. The van der Waals surface area contributed by atoms with Crippen molar-refractivity contribution in [2.45, 2.75) is 19.1 Å². The van der Waals surface area contributed by atoms with Crippen molar-refractivity contribution in [1.29, 1.82) is 0 Å². The van der Waals surface area contributed by atoms with Crippen molar-refractivity contribution < 1.29 is 10.2 Å². The van der Waals surface area contributed by atoms with Crippen LogP contribution in [0.4, 0.5) is 5.69 Å². The minimum absolute atomic E-state index is 0.525. The molecule has 0 fully saturated rings. The lowest BCUT2D eigenvalue weighted by Gasteiger charge is -2.31. The normalized spacial score (nSPS) is 21.3. The first-order chi connectivity index (χ1) is 8.61. The quantitative estimate of drug-likeness (QED) is 0.618. The number of hydrogen-bond donors (Lipinski definition) is 3. The van der Waals surface area contributed by atoms with Crippen molar-refractivity contribution in [3.05, 3.63) is 64.2 Å². The average Bonchev–Trinajstić information content (AvgIpc) is 2.38. The summed E-state index contributed by atoms with van der Waals surface area (Å²) in [7, 11) is 0. The van der Waals surface area contributed by atoms with Gasteiger partial charge in [0.2, 0.25) is 0 Å². The molecule has 0 radical (unpaired) electrons. The summed E-state index contributed by atoms with van der Waals surface area (Å²) in [6, 6.07) is 11.0. The molecule has 0 saturated heterocycles. The van der Waals surface area contributed by atoms with Gasteiger partial charge in [-0.1, -0.05) is 30.3 Å². The van der Waals surface area contributed by atoms with Crippen LogP contribution >= 0.6 is 0 Å². The Morgan fingerprint density at radius 1 is 0.889 bits per heavy atom. The third-order valence-corrected chi connectivity index (χ3v) is 3.67. The van der Waals surface area contributed by atoms with E-state index in [4.69, 9.17) is 5.73 Å². The van der Waals surface area contributed by atoms with E-state index in [9.17, 15) is 10.2 Å². The lowest BCUT2D eigenvalue weighted by atomic mass is 9.79. The molecule has 0 aliphatic heterocycles. The Labute approximate surface area is 106 Å². The molecule has 0 heterocycles. The predicted molar refractivity (Wildman–Crippen MR) is 70.2 cm³/mol. The van der Waals surface area contributed by atoms with Gasteiger partial charge >= 0.3 is 0 Å². The number of aliphatic hydroxyl groups is 2. The molecule has 2 atom stereocenters. The highest BCUT2D eigenvalue weighted by atomic mass is 16.3. The van der Waals surface area contributed by atoms with E-state index in [0.717, 1.165) is 22.3 Å². The van der Waals surface area contributed by atoms with Crippen LogP contribution in [0, 0.1) is 6.92 Å². The Bertz CT molecular complexity index is 568. The first kappa shape index (κ1) is 11.3. The zero-order valence-corrected chi connectivity index (χ0v) is 10.1. The van der Waals surface area contributed by atoms with Crippen LogP contribution in [-0.2, 0) is 0 Å². The zero-order chi connectivity index (χ0) is 12.9. The van der Waals surface area contributed by atoms with E-state index in [1.807, 2.05) is 37.3 Å². The summed E-state index contributed by atoms with van der Waals surface area (Å²) in [6.07, 6.45) is -1.48. The topological polar surface area (TPSA) is 66.5 Å². The monoisotopic (exact) mass is 241 g/mol. The summed E-state index contributed by atoms with van der Waals surface area (Å²) in [5.41, 5.74) is 10.3. The van der Waals surface area contributed by atoms with E-state index in [1.54, 1.807) is 6.07 Å². The van der Waals surface area contributed by atoms with Gasteiger partial charge < -0.3 is 15.9 Å². The molecular weight excluding hydrogens is 226 g/mol. The maximum Gasteiger partial charge on any atom is 0.107 e. The van der Waals surface area contributed by atoms with Gasteiger partial charge in [-0.3, -0.25) is 0 Å². The van der Waals surface area contributed by atoms with Crippen molar-refractivity contribution in [2.24, 2.45) is 0 Å². The van der Waals surface area contributed by atoms with E-state index in [0.29, 0.717) is 11.3 Å². The molecule has 0 spiro atoms. The Balaban J connectivity index is 2.33. The van der Waals surface area contributed by atoms with Crippen molar-refractivity contribution in [1.82, 2.24) is 0 Å². The number of anilines is 1. The van der Waals surface area contributed by atoms with Gasteiger partial charge in [0.05, 0.1) is 0 Å². The lowest BCUT2D eigenvalue weighted by molar-refractivity contribution is 0.173. The standard InChI is InChI=1S/C15H15NO2/c1-8-6-7-11(16)13-12(8)14(17)9-4-2-3-5-10(9)15(13)18/h2-7,14-15,17-18H,16H2,1H3. The molecule has 0 amide bonds. The van der Waals surface area contributed by atoms with Crippen LogP contribution in [0.1, 0.15) is 40.0 Å². The zero-order valence-electron chi connectivity index (χ0n) is 10.1. The Morgan fingerprint density at radius 3 is 2.06 bits per heavy atom. The molecule has 2 aromatic carbocycles. The molecular formula is C15H15NO2. The molecule has 0 bridgehead atoms. The molecule has 1 aliphatic carbocycles. The number of aliphatic hydroxyl groups excluding tert-OH is 2. The van der Waals surface area contributed by atoms with Crippen molar-refractivity contribution >= 4 is 5.69 Å². The van der Waals surface area contributed by atoms with E-state index in [2.05, 4.69) is 0 Å². The molecule has 4 N–H and O–H groups in total. The molecule has 0 saturated carbocycles.